The maximum absolute atomic E-state index is 12.9. The first-order valence-electron chi connectivity index (χ1n) is 14.2. The second kappa shape index (κ2) is 16.2. The zero-order valence-corrected chi connectivity index (χ0v) is 26.6. The summed E-state index contributed by atoms with van der Waals surface area (Å²) in [5.74, 6) is 0.134. The SMILES string of the molecule is CCCCCP(=O)(O)OP(=O)(O)OCC1OC(n2ccc(=O)[nH]c2=O)C(OC(=O)Oc2ccccc2)C1OC(=O)Oc1ccccc1. The highest BCUT2D eigenvalue weighted by Gasteiger charge is 2.52. The molecule has 3 N–H and O–H groups in total. The fraction of sp³-hybridized carbons (Fsp3) is 0.357. The van der Waals surface area contributed by atoms with E-state index in [0.717, 1.165) is 16.8 Å². The number of hydrogen-bond acceptors (Lipinski definition) is 13. The Labute approximate surface area is 267 Å². The minimum Gasteiger partial charge on any atom is -0.424 e. The lowest BCUT2D eigenvalue weighted by Crippen LogP contribution is -2.43. The molecule has 4 rings (SSSR count). The van der Waals surface area contributed by atoms with Crippen molar-refractivity contribution in [2.75, 3.05) is 12.8 Å². The Morgan fingerprint density at radius 1 is 0.872 bits per heavy atom. The van der Waals surface area contributed by atoms with Crippen molar-refractivity contribution in [3.05, 3.63) is 93.8 Å². The van der Waals surface area contributed by atoms with Gasteiger partial charge in [0.1, 0.15) is 17.6 Å². The molecule has 0 amide bonds. The highest BCUT2D eigenvalue weighted by Crippen LogP contribution is 2.60. The number of hydrogen-bond donors (Lipinski definition) is 3. The van der Waals surface area contributed by atoms with Crippen LogP contribution in [0.2, 0.25) is 0 Å². The average molecular weight is 699 g/mol. The molecular formula is C28H32N2O15P2. The third-order valence-electron chi connectivity index (χ3n) is 6.44. The van der Waals surface area contributed by atoms with Gasteiger partial charge in [-0.15, -0.1) is 0 Å². The summed E-state index contributed by atoms with van der Waals surface area (Å²) in [5.41, 5.74) is -1.79. The average Bonchev–Trinajstić information content (AvgIpc) is 3.32. The van der Waals surface area contributed by atoms with E-state index in [1.165, 1.54) is 24.3 Å². The van der Waals surface area contributed by atoms with Crippen molar-refractivity contribution < 1.29 is 61.0 Å². The standard InChI is InChI=1S/C28H32N2O15P2/c1-2-3-10-17-46(35,36)45-47(37,38)39-18-21-23(43-27(33)40-19-11-6-4-7-12-19)24(44-28(34)41-20-13-8-5-9-14-20)25(42-21)30-16-15-22(31)29-26(30)32/h4-9,11-16,21,23-25H,2-3,10,17-18H2,1H3,(H,35,36)(H,37,38)(H,29,31,32). The van der Waals surface area contributed by atoms with Crippen LogP contribution in [-0.4, -0.2) is 62.7 Å². The first kappa shape index (κ1) is 35.8. The predicted octanol–water partition coefficient (Wildman–Crippen LogP) is 4.11. The number of carbonyl (C=O) groups is 2. The van der Waals surface area contributed by atoms with Gasteiger partial charge in [-0.25, -0.2) is 23.3 Å². The highest BCUT2D eigenvalue weighted by atomic mass is 31.3. The van der Waals surface area contributed by atoms with Crippen molar-refractivity contribution in [2.45, 2.75) is 50.7 Å². The summed E-state index contributed by atoms with van der Waals surface area (Å²) < 4.78 is 62.4. The number of carbonyl (C=O) groups excluding carboxylic acids is 2. The van der Waals surface area contributed by atoms with Gasteiger partial charge in [-0.05, 0) is 30.7 Å². The van der Waals surface area contributed by atoms with Crippen molar-refractivity contribution >= 4 is 27.7 Å². The maximum atomic E-state index is 12.9. The van der Waals surface area contributed by atoms with Crippen LogP contribution in [-0.2, 0) is 32.2 Å². The molecule has 0 radical (unpaired) electrons. The van der Waals surface area contributed by atoms with E-state index in [9.17, 15) is 38.1 Å². The summed E-state index contributed by atoms with van der Waals surface area (Å²) in [5, 5.41) is 0. The summed E-state index contributed by atoms with van der Waals surface area (Å²) in [7, 11) is -9.81. The van der Waals surface area contributed by atoms with E-state index in [2.05, 4.69) is 4.31 Å². The number of ether oxygens (including phenoxy) is 5. The maximum Gasteiger partial charge on any atom is 0.514 e. The molecule has 1 fully saturated rings. The van der Waals surface area contributed by atoms with Crippen LogP contribution < -0.4 is 20.7 Å². The van der Waals surface area contributed by atoms with Crippen LogP contribution in [0.5, 0.6) is 11.5 Å². The van der Waals surface area contributed by atoms with Gasteiger partial charge < -0.3 is 33.5 Å². The van der Waals surface area contributed by atoms with Gasteiger partial charge in [-0.3, -0.25) is 23.4 Å². The minimum atomic E-state index is -5.24. The molecule has 0 bridgehead atoms. The first-order chi connectivity index (χ1) is 22.4. The van der Waals surface area contributed by atoms with Crippen molar-refractivity contribution in [3.8, 4) is 11.5 Å². The molecule has 6 atom stereocenters. The number of rotatable bonds is 14. The number of nitrogens with one attached hydrogen (secondary N) is 1. The normalized spacial score (nSPS) is 21.6. The first-order valence-corrected chi connectivity index (χ1v) is 17.5. The zero-order valence-electron chi connectivity index (χ0n) is 24.8. The lowest BCUT2D eigenvalue weighted by Gasteiger charge is -2.24. The smallest absolute Gasteiger partial charge is 0.424 e. The summed E-state index contributed by atoms with van der Waals surface area (Å²) in [6.07, 6.45) is -7.29. The Morgan fingerprint density at radius 3 is 2.00 bits per heavy atom. The minimum absolute atomic E-state index is 0.0635. The zero-order chi connectivity index (χ0) is 34.0. The molecule has 1 aliphatic heterocycles. The number of phosphoric acid groups is 1. The Kier molecular flexibility index (Phi) is 12.3. The molecular weight excluding hydrogens is 666 g/mol. The molecule has 2 aromatic carbocycles. The Bertz CT molecular complexity index is 1720. The van der Waals surface area contributed by atoms with Gasteiger partial charge >= 0.3 is 33.4 Å². The number of nitrogens with zero attached hydrogens (tertiary/aromatic N) is 1. The van der Waals surface area contributed by atoms with Crippen molar-refractivity contribution in [1.29, 1.82) is 0 Å². The summed E-state index contributed by atoms with van der Waals surface area (Å²) in [4.78, 5) is 72.6. The molecule has 3 aromatic rings. The molecule has 0 spiro atoms. The number of phosphoric ester groups is 1. The van der Waals surface area contributed by atoms with Crippen LogP contribution >= 0.6 is 15.4 Å². The summed E-state index contributed by atoms with van der Waals surface area (Å²) in [6.45, 7) is 0.889. The van der Waals surface area contributed by atoms with Crippen LogP contribution in [0.15, 0.2) is 82.5 Å². The second-order valence-corrected chi connectivity index (χ2v) is 13.6. The number of benzene rings is 2. The van der Waals surface area contributed by atoms with Crippen molar-refractivity contribution in [2.24, 2.45) is 0 Å². The Balaban J connectivity index is 1.63. The van der Waals surface area contributed by atoms with E-state index in [1.54, 1.807) is 36.4 Å². The van der Waals surface area contributed by atoms with Gasteiger partial charge in [-0.1, -0.05) is 56.2 Å². The molecule has 2 heterocycles. The lowest BCUT2D eigenvalue weighted by atomic mass is 10.1. The molecule has 0 saturated carbocycles. The Hall–Kier alpha value is -4.08. The quantitative estimate of drug-likeness (QED) is 0.0931. The van der Waals surface area contributed by atoms with Crippen molar-refractivity contribution in [3.63, 3.8) is 0 Å². The molecule has 19 heteroatoms. The van der Waals surface area contributed by atoms with Crippen LogP contribution in [0.3, 0.4) is 0 Å². The van der Waals surface area contributed by atoms with Gasteiger partial charge in [-0.2, -0.15) is 0 Å². The molecule has 1 aromatic heterocycles. The molecule has 1 aliphatic rings. The van der Waals surface area contributed by atoms with Crippen LogP contribution in [0.4, 0.5) is 9.59 Å². The number of unbranched alkanes of at least 4 members (excludes halogenated alkanes) is 2. The van der Waals surface area contributed by atoms with Gasteiger partial charge in [0.05, 0.1) is 12.8 Å². The van der Waals surface area contributed by atoms with E-state index in [-0.39, 0.29) is 17.9 Å². The van der Waals surface area contributed by atoms with E-state index >= 15 is 0 Å². The van der Waals surface area contributed by atoms with Crippen LogP contribution in [0, 0.1) is 0 Å². The van der Waals surface area contributed by atoms with Crippen LogP contribution in [0.1, 0.15) is 32.4 Å². The number of H-pyrrole nitrogens is 1. The summed E-state index contributed by atoms with van der Waals surface area (Å²) >= 11 is 0. The molecule has 254 valence electrons. The topological polar surface area (TPSA) is 228 Å². The summed E-state index contributed by atoms with van der Waals surface area (Å²) in [6, 6.07) is 16.3. The van der Waals surface area contributed by atoms with E-state index in [4.69, 9.17) is 28.2 Å². The van der Waals surface area contributed by atoms with Gasteiger partial charge in [0.15, 0.2) is 18.4 Å². The molecule has 47 heavy (non-hydrogen) atoms. The second-order valence-electron chi connectivity index (χ2n) is 9.99. The number of aromatic amines is 1. The number of aromatic nitrogens is 2. The third-order valence-corrected chi connectivity index (χ3v) is 9.64. The monoisotopic (exact) mass is 698 g/mol. The molecule has 6 unspecified atom stereocenters. The predicted molar refractivity (Wildman–Crippen MR) is 161 cm³/mol. The van der Waals surface area contributed by atoms with E-state index < -0.39 is 76.3 Å². The van der Waals surface area contributed by atoms with Crippen molar-refractivity contribution in [1.82, 2.24) is 9.55 Å². The fourth-order valence-electron chi connectivity index (χ4n) is 4.36. The molecule has 1 saturated heterocycles. The van der Waals surface area contributed by atoms with Gasteiger partial charge in [0, 0.05) is 12.3 Å². The van der Waals surface area contributed by atoms with E-state index in [1.807, 2.05) is 11.9 Å². The lowest BCUT2D eigenvalue weighted by molar-refractivity contribution is -0.0604. The van der Waals surface area contributed by atoms with E-state index in [0.29, 0.717) is 12.8 Å². The molecule has 0 aliphatic carbocycles. The van der Waals surface area contributed by atoms with Crippen LogP contribution in [0.25, 0.3) is 0 Å². The Morgan fingerprint density at radius 2 is 1.45 bits per heavy atom. The highest BCUT2D eigenvalue weighted by molar-refractivity contribution is 7.64. The third kappa shape index (κ3) is 10.7. The molecule has 17 nitrogen and oxygen atoms in total. The van der Waals surface area contributed by atoms with Gasteiger partial charge in [0.25, 0.3) is 5.56 Å². The number of para-hydroxylation sites is 2. The largest absolute Gasteiger partial charge is 0.514 e. The van der Waals surface area contributed by atoms with Gasteiger partial charge in [0.2, 0.25) is 0 Å². The fourth-order valence-corrected chi connectivity index (χ4v) is 7.12.